The first kappa shape index (κ1) is 19.7. The van der Waals surface area contributed by atoms with E-state index in [9.17, 15) is 15.2 Å². The van der Waals surface area contributed by atoms with Gasteiger partial charge >= 0.3 is 0 Å². The molecule has 26 heavy (non-hydrogen) atoms. The van der Waals surface area contributed by atoms with E-state index >= 15 is 0 Å². The summed E-state index contributed by atoms with van der Waals surface area (Å²) in [5, 5.41) is 21.1. The minimum atomic E-state index is -0.395. The lowest BCUT2D eigenvalue weighted by Crippen LogP contribution is -2.21. The Morgan fingerprint density at radius 3 is 2.42 bits per heavy atom. The van der Waals surface area contributed by atoms with Gasteiger partial charge in [-0.3, -0.25) is 10.1 Å². The molecular weight excluding hydrogens is 332 g/mol. The van der Waals surface area contributed by atoms with Crippen molar-refractivity contribution in [1.82, 2.24) is 4.90 Å². The summed E-state index contributed by atoms with van der Waals surface area (Å²) in [6.07, 6.45) is 0.774. The number of methoxy groups -OCH3 is 1. The predicted molar refractivity (Wildman–Crippen MR) is 102 cm³/mol. The fourth-order valence-electron chi connectivity index (χ4n) is 2.77. The minimum absolute atomic E-state index is 0.102. The zero-order valence-electron chi connectivity index (χ0n) is 15.7. The molecule has 2 aromatic carbocycles. The second-order valence-corrected chi connectivity index (χ2v) is 6.80. The Morgan fingerprint density at radius 2 is 1.88 bits per heavy atom. The molecule has 0 bridgehead atoms. The minimum Gasteiger partial charge on any atom is -0.504 e. The standard InChI is InChI=1S/C20H26N2O4/c1-14(2)16-11-17(20(23)19(12-16)26-4)13-21(3)10-9-15-5-7-18(8-6-15)22(24)25/h5-8,11-12,14,23H,9-10,13H2,1-4H3. The van der Waals surface area contributed by atoms with Crippen molar-refractivity contribution in [2.45, 2.75) is 32.7 Å². The van der Waals surface area contributed by atoms with Crippen LogP contribution in [0.25, 0.3) is 0 Å². The van der Waals surface area contributed by atoms with Crippen molar-refractivity contribution in [3.8, 4) is 11.5 Å². The monoisotopic (exact) mass is 358 g/mol. The predicted octanol–water partition coefficient (Wildman–Crippen LogP) is 4.11. The van der Waals surface area contributed by atoms with E-state index in [-0.39, 0.29) is 11.4 Å². The van der Waals surface area contributed by atoms with Crippen molar-refractivity contribution in [1.29, 1.82) is 0 Å². The van der Waals surface area contributed by atoms with Crippen molar-refractivity contribution >= 4 is 5.69 Å². The SMILES string of the molecule is COc1cc(C(C)C)cc(CN(C)CCc2ccc([N+](=O)[O-])cc2)c1O. The molecular formula is C20H26N2O4. The molecule has 6 nitrogen and oxygen atoms in total. The second kappa shape index (κ2) is 8.67. The summed E-state index contributed by atoms with van der Waals surface area (Å²) in [6, 6.07) is 10.5. The maximum absolute atomic E-state index is 10.7. The Morgan fingerprint density at radius 1 is 1.23 bits per heavy atom. The number of rotatable bonds is 8. The van der Waals surface area contributed by atoms with Crippen molar-refractivity contribution < 1.29 is 14.8 Å². The molecule has 0 spiro atoms. The number of benzene rings is 2. The maximum Gasteiger partial charge on any atom is 0.269 e. The lowest BCUT2D eigenvalue weighted by molar-refractivity contribution is -0.384. The van der Waals surface area contributed by atoms with Crippen LogP contribution in [0.3, 0.4) is 0 Å². The van der Waals surface area contributed by atoms with Crippen LogP contribution in [0.5, 0.6) is 11.5 Å². The molecule has 0 atom stereocenters. The van der Waals surface area contributed by atoms with E-state index < -0.39 is 4.92 Å². The number of non-ortho nitro benzene ring substituents is 1. The van der Waals surface area contributed by atoms with Gasteiger partial charge in [0.15, 0.2) is 11.5 Å². The quantitative estimate of drug-likeness (QED) is 0.568. The van der Waals surface area contributed by atoms with Crippen molar-refractivity contribution in [3.05, 3.63) is 63.2 Å². The van der Waals surface area contributed by atoms with Crippen LogP contribution in [0.4, 0.5) is 5.69 Å². The number of nitro benzene ring substituents is 1. The summed E-state index contributed by atoms with van der Waals surface area (Å²) in [6.45, 7) is 5.57. The number of hydrogen-bond donors (Lipinski definition) is 1. The average Bonchev–Trinajstić information content (AvgIpc) is 2.61. The third-order valence-corrected chi connectivity index (χ3v) is 4.43. The summed E-state index contributed by atoms with van der Waals surface area (Å²) in [4.78, 5) is 12.4. The van der Waals surface area contributed by atoms with Gasteiger partial charge in [0.1, 0.15) is 0 Å². The van der Waals surface area contributed by atoms with Crippen LogP contribution in [0.2, 0.25) is 0 Å². The van der Waals surface area contributed by atoms with E-state index in [1.54, 1.807) is 19.2 Å². The topological polar surface area (TPSA) is 75.8 Å². The molecule has 1 N–H and O–H groups in total. The molecule has 140 valence electrons. The van der Waals surface area contributed by atoms with Gasteiger partial charge < -0.3 is 14.7 Å². The third-order valence-electron chi connectivity index (χ3n) is 4.43. The highest BCUT2D eigenvalue weighted by Gasteiger charge is 2.14. The van der Waals surface area contributed by atoms with Gasteiger partial charge in [-0.1, -0.05) is 32.0 Å². The van der Waals surface area contributed by atoms with E-state index in [1.807, 2.05) is 19.2 Å². The molecule has 6 heteroatoms. The molecule has 2 aromatic rings. The van der Waals surface area contributed by atoms with Crippen LogP contribution in [0, 0.1) is 10.1 Å². The number of ether oxygens (including phenoxy) is 1. The van der Waals surface area contributed by atoms with Gasteiger partial charge in [0.05, 0.1) is 12.0 Å². The van der Waals surface area contributed by atoms with E-state index in [0.29, 0.717) is 18.2 Å². The Balaban J connectivity index is 2.04. The van der Waals surface area contributed by atoms with Gasteiger partial charge in [-0.25, -0.2) is 0 Å². The Kier molecular flexibility index (Phi) is 6.58. The highest BCUT2D eigenvalue weighted by molar-refractivity contribution is 5.49. The van der Waals surface area contributed by atoms with Gasteiger partial charge in [0, 0.05) is 30.8 Å². The summed E-state index contributed by atoms with van der Waals surface area (Å²) < 4.78 is 5.29. The molecule has 0 saturated carbocycles. The highest BCUT2D eigenvalue weighted by atomic mass is 16.6. The molecule has 0 amide bonds. The summed E-state index contributed by atoms with van der Waals surface area (Å²) in [5.41, 5.74) is 3.10. The van der Waals surface area contributed by atoms with E-state index in [4.69, 9.17) is 4.74 Å². The molecule has 0 aliphatic carbocycles. The first-order valence-electron chi connectivity index (χ1n) is 8.63. The van der Waals surface area contributed by atoms with E-state index in [1.165, 1.54) is 12.1 Å². The van der Waals surface area contributed by atoms with Crippen LogP contribution in [-0.4, -0.2) is 35.6 Å². The molecule has 0 heterocycles. The van der Waals surface area contributed by atoms with Crippen LogP contribution < -0.4 is 4.74 Å². The number of phenols is 1. The Bertz CT molecular complexity index is 757. The van der Waals surface area contributed by atoms with Crippen LogP contribution in [0.15, 0.2) is 36.4 Å². The zero-order valence-corrected chi connectivity index (χ0v) is 15.7. The van der Waals surface area contributed by atoms with E-state index in [2.05, 4.69) is 18.7 Å². The molecule has 2 rings (SSSR count). The number of nitrogens with zero attached hydrogens (tertiary/aromatic N) is 2. The number of hydrogen-bond acceptors (Lipinski definition) is 5. The average molecular weight is 358 g/mol. The van der Waals surface area contributed by atoms with Gasteiger partial charge in [0.2, 0.25) is 0 Å². The summed E-state index contributed by atoms with van der Waals surface area (Å²) in [5.74, 6) is 1.02. The lowest BCUT2D eigenvalue weighted by atomic mass is 9.99. The van der Waals surface area contributed by atoms with Crippen molar-refractivity contribution in [2.24, 2.45) is 0 Å². The van der Waals surface area contributed by atoms with Crippen LogP contribution in [-0.2, 0) is 13.0 Å². The van der Waals surface area contributed by atoms with Gasteiger partial charge in [-0.05, 0) is 36.6 Å². The zero-order chi connectivity index (χ0) is 19.3. The molecule has 0 aromatic heterocycles. The second-order valence-electron chi connectivity index (χ2n) is 6.80. The van der Waals surface area contributed by atoms with Gasteiger partial charge in [-0.2, -0.15) is 0 Å². The van der Waals surface area contributed by atoms with Crippen molar-refractivity contribution in [3.63, 3.8) is 0 Å². The highest BCUT2D eigenvalue weighted by Crippen LogP contribution is 2.34. The molecule has 0 aliphatic heterocycles. The maximum atomic E-state index is 10.7. The summed E-state index contributed by atoms with van der Waals surface area (Å²) >= 11 is 0. The molecule has 0 aliphatic rings. The summed E-state index contributed by atoms with van der Waals surface area (Å²) in [7, 11) is 3.54. The lowest BCUT2D eigenvalue weighted by Gasteiger charge is -2.20. The van der Waals surface area contributed by atoms with Crippen LogP contribution in [0.1, 0.15) is 36.5 Å². The smallest absolute Gasteiger partial charge is 0.269 e. The third kappa shape index (κ3) is 4.95. The molecule has 0 radical (unpaired) electrons. The first-order chi connectivity index (χ1) is 12.3. The largest absolute Gasteiger partial charge is 0.504 e. The first-order valence-corrected chi connectivity index (χ1v) is 8.63. The number of likely N-dealkylation sites (N-methyl/N-ethyl adjacent to an activating group) is 1. The number of aromatic hydroxyl groups is 1. The molecule has 0 fully saturated rings. The Hall–Kier alpha value is -2.60. The fourth-order valence-corrected chi connectivity index (χ4v) is 2.77. The molecule has 0 unspecified atom stereocenters. The van der Waals surface area contributed by atoms with Crippen LogP contribution >= 0.6 is 0 Å². The van der Waals surface area contributed by atoms with Gasteiger partial charge in [-0.15, -0.1) is 0 Å². The van der Waals surface area contributed by atoms with Crippen molar-refractivity contribution in [2.75, 3.05) is 20.7 Å². The van der Waals surface area contributed by atoms with Gasteiger partial charge in [0.25, 0.3) is 5.69 Å². The Labute approximate surface area is 154 Å². The number of nitro groups is 1. The molecule has 0 saturated heterocycles. The normalized spacial score (nSPS) is 11.2. The van der Waals surface area contributed by atoms with E-state index in [0.717, 1.165) is 29.7 Å². The fraction of sp³-hybridized carbons (Fsp3) is 0.400. The number of phenolic OH excluding ortho intramolecular Hbond substituents is 1.